The number of pyridine rings is 1. The highest BCUT2D eigenvalue weighted by molar-refractivity contribution is 5.91. The van der Waals surface area contributed by atoms with Crippen LogP contribution in [0.3, 0.4) is 0 Å². The lowest BCUT2D eigenvalue weighted by Gasteiger charge is -2.08. The number of likely N-dealkylation sites (N-methyl/N-ethyl adjacent to an activating group) is 1. The van der Waals surface area contributed by atoms with Gasteiger partial charge >= 0.3 is 0 Å². The van der Waals surface area contributed by atoms with Gasteiger partial charge < -0.3 is 10.2 Å². The molecule has 1 aromatic heterocycles. The highest BCUT2D eigenvalue weighted by Crippen LogP contribution is 1.98. The lowest BCUT2D eigenvalue weighted by Crippen LogP contribution is -2.27. The minimum Gasteiger partial charge on any atom is -0.310 e. The van der Waals surface area contributed by atoms with E-state index in [-0.39, 0.29) is 18.3 Å². The molecule has 0 unspecified atom stereocenters. The predicted octanol–water partition coefficient (Wildman–Crippen LogP) is 1.00. The predicted molar refractivity (Wildman–Crippen MR) is 58.7 cm³/mol. The third-order valence-electron chi connectivity index (χ3n) is 1.39. The molecule has 14 heavy (non-hydrogen) atoms. The molecule has 1 rings (SSSR count). The first-order valence-corrected chi connectivity index (χ1v) is 4.04. The van der Waals surface area contributed by atoms with E-state index < -0.39 is 0 Å². The second-order valence-electron chi connectivity index (χ2n) is 3.00. The third-order valence-corrected chi connectivity index (χ3v) is 1.39. The highest BCUT2D eigenvalue weighted by atomic mass is 35.5. The van der Waals surface area contributed by atoms with Gasteiger partial charge in [-0.25, -0.2) is 4.98 Å². The Balaban J connectivity index is 0.00000169. The zero-order chi connectivity index (χ0) is 9.68. The van der Waals surface area contributed by atoms with Crippen molar-refractivity contribution >= 4 is 24.1 Å². The van der Waals surface area contributed by atoms with Crippen LogP contribution >= 0.6 is 12.4 Å². The maximum absolute atomic E-state index is 11.2. The maximum atomic E-state index is 11.2. The van der Waals surface area contributed by atoms with E-state index >= 15 is 0 Å². The van der Waals surface area contributed by atoms with Gasteiger partial charge in [-0.2, -0.15) is 0 Å². The van der Waals surface area contributed by atoms with Crippen LogP contribution in [0.5, 0.6) is 0 Å². The molecule has 0 radical (unpaired) electrons. The topological polar surface area (TPSA) is 45.2 Å². The Bertz CT molecular complexity index is 277. The SMILES string of the molecule is CN(C)CC(=O)Nc1ccccn1.Cl. The normalized spacial score (nSPS) is 9.36. The average molecular weight is 216 g/mol. The number of rotatable bonds is 3. The quantitative estimate of drug-likeness (QED) is 0.819. The second kappa shape index (κ2) is 6.34. The molecule has 0 aromatic carbocycles. The summed E-state index contributed by atoms with van der Waals surface area (Å²) in [5.41, 5.74) is 0. The van der Waals surface area contributed by atoms with Crippen molar-refractivity contribution in [3.8, 4) is 0 Å². The van der Waals surface area contributed by atoms with Crippen molar-refractivity contribution in [2.45, 2.75) is 0 Å². The molecule has 0 saturated carbocycles. The Morgan fingerprint density at radius 1 is 1.50 bits per heavy atom. The summed E-state index contributed by atoms with van der Waals surface area (Å²) in [5, 5.41) is 2.68. The van der Waals surface area contributed by atoms with Gasteiger partial charge in [0.15, 0.2) is 0 Å². The molecular formula is C9H14ClN3O. The molecule has 5 heteroatoms. The summed E-state index contributed by atoms with van der Waals surface area (Å²) in [6.07, 6.45) is 1.64. The molecule has 1 aromatic rings. The van der Waals surface area contributed by atoms with Crippen LogP contribution < -0.4 is 5.32 Å². The molecule has 1 N–H and O–H groups in total. The van der Waals surface area contributed by atoms with Gasteiger partial charge in [0.1, 0.15) is 5.82 Å². The van der Waals surface area contributed by atoms with Crippen LogP contribution in [0.2, 0.25) is 0 Å². The number of hydrogen-bond donors (Lipinski definition) is 1. The van der Waals surface area contributed by atoms with E-state index in [0.717, 1.165) is 0 Å². The number of aromatic nitrogens is 1. The molecule has 0 atom stereocenters. The minimum absolute atomic E-state index is 0. The Morgan fingerprint density at radius 2 is 2.21 bits per heavy atom. The molecule has 4 nitrogen and oxygen atoms in total. The summed E-state index contributed by atoms with van der Waals surface area (Å²) < 4.78 is 0. The Labute approximate surface area is 89.7 Å². The van der Waals surface area contributed by atoms with Crippen molar-refractivity contribution in [3.05, 3.63) is 24.4 Å². The first kappa shape index (κ1) is 12.9. The number of nitrogens with one attached hydrogen (secondary N) is 1. The van der Waals surface area contributed by atoms with Crippen molar-refractivity contribution in [2.75, 3.05) is 26.0 Å². The van der Waals surface area contributed by atoms with E-state index in [1.807, 2.05) is 26.2 Å². The molecular weight excluding hydrogens is 202 g/mol. The summed E-state index contributed by atoms with van der Waals surface area (Å²) >= 11 is 0. The zero-order valence-electron chi connectivity index (χ0n) is 8.23. The van der Waals surface area contributed by atoms with Gasteiger partial charge in [0.2, 0.25) is 5.91 Å². The van der Waals surface area contributed by atoms with Crippen LogP contribution in [-0.2, 0) is 4.79 Å². The molecule has 78 valence electrons. The molecule has 0 spiro atoms. The molecule has 1 heterocycles. The molecule has 1 amide bonds. The summed E-state index contributed by atoms with van der Waals surface area (Å²) in [5.74, 6) is 0.540. The van der Waals surface area contributed by atoms with Gasteiger partial charge in [0.25, 0.3) is 0 Å². The Morgan fingerprint density at radius 3 is 2.71 bits per heavy atom. The van der Waals surface area contributed by atoms with Crippen molar-refractivity contribution < 1.29 is 4.79 Å². The average Bonchev–Trinajstić information content (AvgIpc) is 2.04. The van der Waals surface area contributed by atoms with Crippen molar-refractivity contribution in [2.24, 2.45) is 0 Å². The minimum atomic E-state index is -0.0521. The first-order valence-electron chi connectivity index (χ1n) is 4.04. The summed E-state index contributed by atoms with van der Waals surface area (Å²) in [4.78, 5) is 17.0. The lowest BCUT2D eigenvalue weighted by atomic mass is 10.4. The van der Waals surface area contributed by atoms with Crippen molar-refractivity contribution in [1.29, 1.82) is 0 Å². The van der Waals surface area contributed by atoms with E-state index in [1.165, 1.54) is 0 Å². The van der Waals surface area contributed by atoms with E-state index in [1.54, 1.807) is 17.2 Å². The van der Waals surface area contributed by atoms with Crippen molar-refractivity contribution in [1.82, 2.24) is 9.88 Å². The van der Waals surface area contributed by atoms with Crippen LogP contribution in [0.25, 0.3) is 0 Å². The van der Waals surface area contributed by atoms with Gasteiger partial charge in [-0.15, -0.1) is 12.4 Å². The number of hydrogen-bond acceptors (Lipinski definition) is 3. The number of anilines is 1. The zero-order valence-corrected chi connectivity index (χ0v) is 9.04. The van der Waals surface area contributed by atoms with E-state index in [9.17, 15) is 4.79 Å². The first-order chi connectivity index (χ1) is 6.18. The Hall–Kier alpha value is -1.13. The van der Waals surface area contributed by atoms with Gasteiger partial charge in [-0.05, 0) is 26.2 Å². The van der Waals surface area contributed by atoms with Gasteiger partial charge in [-0.1, -0.05) is 6.07 Å². The molecule has 0 saturated heterocycles. The number of carbonyl (C=O) groups excluding carboxylic acids is 1. The van der Waals surface area contributed by atoms with Crippen LogP contribution in [0.15, 0.2) is 24.4 Å². The van der Waals surface area contributed by atoms with Crippen LogP contribution in [0.1, 0.15) is 0 Å². The standard InChI is InChI=1S/C9H13N3O.ClH/c1-12(2)7-9(13)11-8-5-3-4-6-10-8;/h3-6H,7H2,1-2H3,(H,10,11,13);1H. The smallest absolute Gasteiger partial charge is 0.239 e. The lowest BCUT2D eigenvalue weighted by molar-refractivity contribution is -0.116. The number of amides is 1. The van der Waals surface area contributed by atoms with Crippen LogP contribution in [0.4, 0.5) is 5.82 Å². The summed E-state index contributed by atoms with van der Waals surface area (Å²) in [6.45, 7) is 0.372. The number of halogens is 1. The van der Waals surface area contributed by atoms with Crippen LogP contribution in [-0.4, -0.2) is 36.4 Å². The maximum Gasteiger partial charge on any atom is 0.239 e. The van der Waals surface area contributed by atoms with Gasteiger partial charge in [-0.3, -0.25) is 4.79 Å². The van der Waals surface area contributed by atoms with E-state index in [4.69, 9.17) is 0 Å². The largest absolute Gasteiger partial charge is 0.310 e. The number of nitrogens with zero attached hydrogens (tertiary/aromatic N) is 2. The molecule has 0 aliphatic heterocycles. The monoisotopic (exact) mass is 215 g/mol. The fraction of sp³-hybridized carbons (Fsp3) is 0.333. The second-order valence-corrected chi connectivity index (χ2v) is 3.00. The van der Waals surface area contributed by atoms with Gasteiger partial charge in [0, 0.05) is 6.20 Å². The summed E-state index contributed by atoms with van der Waals surface area (Å²) in [7, 11) is 3.69. The molecule has 0 aliphatic carbocycles. The van der Waals surface area contributed by atoms with Crippen LogP contribution in [0, 0.1) is 0 Å². The van der Waals surface area contributed by atoms with Crippen molar-refractivity contribution in [3.63, 3.8) is 0 Å². The molecule has 0 bridgehead atoms. The Kier molecular flexibility index (Phi) is 5.83. The fourth-order valence-electron chi connectivity index (χ4n) is 0.906. The summed E-state index contributed by atoms with van der Waals surface area (Å²) in [6, 6.07) is 5.40. The third kappa shape index (κ3) is 4.79. The van der Waals surface area contributed by atoms with E-state index in [2.05, 4.69) is 10.3 Å². The molecule has 0 fully saturated rings. The van der Waals surface area contributed by atoms with Gasteiger partial charge in [0.05, 0.1) is 6.54 Å². The highest BCUT2D eigenvalue weighted by Gasteiger charge is 2.02. The number of carbonyl (C=O) groups is 1. The molecule has 0 aliphatic rings. The van der Waals surface area contributed by atoms with E-state index in [0.29, 0.717) is 12.4 Å². The fourth-order valence-corrected chi connectivity index (χ4v) is 0.906.